The Balaban J connectivity index is 1.79. The van der Waals surface area contributed by atoms with Gasteiger partial charge in [-0.3, -0.25) is 4.79 Å². The Hall–Kier alpha value is -2.24. The number of hydrogen-bond donors (Lipinski definition) is 1. The smallest absolute Gasteiger partial charge is 0.347 e. The number of esters is 1. The van der Waals surface area contributed by atoms with Gasteiger partial charge in [-0.2, -0.15) is 0 Å². The first-order chi connectivity index (χ1) is 12.5. The highest BCUT2D eigenvalue weighted by Gasteiger charge is 2.21. The molecule has 0 aliphatic rings. The third kappa shape index (κ3) is 6.24. The largest absolute Gasteiger partial charge is 0.479 e. The minimum Gasteiger partial charge on any atom is -0.479 e. The Morgan fingerprint density at radius 2 is 1.85 bits per heavy atom. The van der Waals surface area contributed by atoms with Crippen LogP contribution in [0, 0.1) is 0 Å². The SMILES string of the molecule is CC[C@@H](Oc1ccccc1)C(=O)OCC(=O)NCc1ccc(Cl)cc1Cl. The maximum Gasteiger partial charge on any atom is 0.347 e. The van der Waals surface area contributed by atoms with E-state index >= 15 is 0 Å². The second-order valence-electron chi connectivity index (χ2n) is 5.45. The molecule has 0 aliphatic carbocycles. The Labute approximate surface area is 162 Å². The first kappa shape index (κ1) is 20.1. The van der Waals surface area contributed by atoms with Crippen molar-refractivity contribution in [2.75, 3.05) is 6.61 Å². The average molecular weight is 396 g/mol. The van der Waals surface area contributed by atoms with E-state index in [0.717, 1.165) is 5.56 Å². The summed E-state index contributed by atoms with van der Waals surface area (Å²) in [4.78, 5) is 24.0. The highest BCUT2D eigenvalue weighted by Crippen LogP contribution is 2.20. The van der Waals surface area contributed by atoms with Crippen molar-refractivity contribution in [3.05, 3.63) is 64.1 Å². The minimum absolute atomic E-state index is 0.212. The summed E-state index contributed by atoms with van der Waals surface area (Å²) < 4.78 is 10.6. The second kappa shape index (κ2) is 10.0. The molecule has 7 heteroatoms. The summed E-state index contributed by atoms with van der Waals surface area (Å²) in [5.74, 6) is -0.451. The second-order valence-corrected chi connectivity index (χ2v) is 6.29. The summed E-state index contributed by atoms with van der Waals surface area (Å²) in [7, 11) is 0. The molecule has 0 radical (unpaired) electrons. The molecule has 0 aliphatic heterocycles. The summed E-state index contributed by atoms with van der Waals surface area (Å²) in [5, 5.41) is 3.61. The molecule has 0 heterocycles. The molecule has 0 saturated heterocycles. The monoisotopic (exact) mass is 395 g/mol. The number of para-hydroxylation sites is 1. The number of rotatable bonds is 8. The summed E-state index contributed by atoms with van der Waals surface area (Å²) in [5.41, 5.74) is 0.717. The molecule has 0 saturated carbocycles. The van der Waals surface area contributed by atoms with Crippen molar-refractivity contribution in [2.45, 2.75) is 26.0 Å². The van der Waals surface area contributed by atoms with Crippen LogP contribution < -0.4 is 10.1 Å². The Morgan fingerprint density at radius 1 is 1.12 bits per heavy atom. The molecular weight excluding hydrogens is 377 g/mol. The number of ether oxygens (including phenoxy) is 2. The van der Waals surface area contributed by atoms with Crippen LogP contribution in [0.1, 0.15) is 18.9 Å². The van der Waals surface area contributed by atoms with Gasteiger partial charge in [0.15, 0.2) is 12.7 Å². The van der Waals surface area contributed by atoms with Gasteiger partial charge in [0.1, 0.15) is 5.75 Å². The van der Waals surface area contributed by atoms with Crippen LogP contribution in [0.4, 0.5) is 0 Å². The van der Waals surface area contributed by atoms with E-state index in [4.69, 9.17) is 32.7 Å². The molecule has 5 nitrogen and oxygen atoms in total. The molecular formula is C19H19Cl2NO4. The van der Waals surface area contributed by atoms with Crippen LogP contribution in [0.3, 0.4) is 0 Å². The van der Waals surface area contributed by atoms with Crippen LogP contribution in [0.25, 0.3) is 0 Å². The third-order valence-electron chi connectivity index (χ3n) is 3.49. The zero-order valence-corrected chi connectivity index (χ0v) is 15.7. The minimum atomic E-state index is -0.768. The van der Waals surface area contributed by atoms with Gasteiger partial charge in [0, 0.05) is 16.6 Å². The van der Waals surface area contributed by atoms with E-state index in [1.807, 2.05) is 18.2 Å². The van der Waals surface area contributed by atoms with Gasteiger partial charge in [-0.25, -0.2) is 4.79 Å². The first-order valence-electron chi connectivity index (χ1n) is 8.08. The number of nitrogens with one attached hydrogen (secondary N) is 1. The lowest BCUT2D eigenvalue weighted by Gasteiger charge is -2.16. The van der Waals surface area contributed by atoms with Gasteiger partial charge in [0.05, 0.1) is 0 Å². The molecule has 1 atom stereocenters. The highest BCUT2D eigenvalue weighted by atomic mass is 35.5. The molecule has 0 fully saturated rings. The van der Waals surface area contributed by atoms with Gasteiger partial charge in [0.25, 0.3) is 5.91 Å². The van der Waals surface area contributed by atoms with Gasteiger partial charge in [-0.15, -0.1) is 0 Å². The van der Waals surface area contributed by atoms with Gasteiger partial charge >= 0.3 is 5.97 Å². The topological polar surface area (TPSA) is 64.6 Å². The van der Waals surface area contributed by atoms with Crippen LogP contribution in [0.15, 0.2) is 48.5 Å². The van der Waals surface area contributed by atoms with Crippen molar-refractivity contribution in [3.63, 3.8) is 0 Å². The number of benzene rings is 2. The third-order valence-corrected chi connectivity index (χ3v) is 4.08. The van der Waals surface area contributed by atoms with E-state index in [-0.39, 0.29) is 6.54 Å². The van der Waals surface area contributed by atoms with Crippen LogP contribution in [-0.4, -0.2) is 24.6 Å². The lowest BCUT2D eigenvalue weighted by molar-refractivity contribution is -0.155. The van der Waals surface area contributed by atoms with Gasteiger partial charge in [-0.1, -0.05) is 54.4 Å². The van der Waals surface area contributed by atoms with Gasteiger partial charge in [0.2, 0.25) is 0 Å². The number of hydrogen-bond acceptors (Lipinski definition) is 4. The van der Waals surface area contributed by atoms with Crippen molar-refractivity contribution < 1.29 is 19.1 Å². The fourth-order valence-electron chi connectivity index (χ4n) is 2.10. The molecule has 138 valence electrons. The summed E-state index contributed by atoms with van der Waals surface area (Å²) in [6, 6.07) is 14.0. The molecule has 2 aromatic rings. The number of carbonyl (C=O) groups excluding carboxylic acids is 2. The zero-order chi connectivity index (χ0) is 18.9. The lowest BCUT2D eigenvalue weighted by atomic mass is 10.2. The van der Waals surface area contributed by atoms with E-state index < -0.39 is 24.6 Å². The van der Waals surface area contributed by atoms with E-state index in [1.165, 1.54) is 0 Å². The molecule has 0 spiro atoms. The van der Waals surface area contributed by atoms with Gasteiger partial charge < -0.3 is 14.8 Å². The summed E-state index contributed by atoms with van der Waals surface area (Å²) in [6.07, 6.45) is -0.341. The maximum absolute atomic E-state index is 12.1. The summed E-state index contributed by atoms with van der Waals surface area (Å²) >= 11 is 11.9. The maximum atomic E-state index is 12.1. The molecule has 26 heavy (non-hydrogen) atoms. The predicted octanol–water partition coefficient (Wildman–Crippen LogP) is 4.01. The van der Waals surface area contributed by atoms with E-state index in [9.17, 15) is 9.59 Å². The molecule has 0 bridgehead atoms. The van der Waals surface area contributed by atoms with Crippen molar-refractivity contribution in [3.8, 4) is 5.75 Å². The van der Waals surface area contributed by atoms with Crippen molar-refractivity contribution in [1.29, 1.82) is 0 Å². The van der Waals surface area contributed by atoms with E-state index in [2.05, 4.69) is 5.32 Å². The number of carbonyl (C=O) groups is 2. The molecule has 0 unspecified atom stereocenters. The van der Waals surface area contributed by atoms with Crippen molar-refractivity contribution in [2.24, 2.45) is 0 Å². The number of halogens is 2. The quantitative estimate of drug-likeness (QED) is 0.685. The van der Waals surface area contributed by atoms with Gasteiger partial charge in [-0.05, 0) is 36.2 Å². The lowest BCUT2D eigenvalue weighted by Crippen LogP contribution is -2.33. The Morgan fingerprint density at radius 3 is 2.50 bits per heavy atom. The molecule has 0 aromatic heterocycles. The highest BCUT2D eigenvalue weighted by molar-refractivity contribution is 6.35. The molecule has 2 aromatic carbocycles. The Kier molecular flexibility index (Phi) is 7.75. The van der Waals surface area contributed by atoms with Crippen LogP contribution >= 0.6 is 23.2 Å². The van der Waals surface area contributed by atoms with Crippen LogP contribution in [0.5, 0.6) is 5.75 Å². The standard InChI is InChI=1S/C19H19Cl2NO4/c1-2-17(26-15-6-4-3-5-7-15)19(24)25-12-18(23)22-11-13-8-9-14(20)10-16(13)21/h3-10,17H,2,11-12H2,1H3,(H,22,23)/t17-/m1/s1. The summed E-state index contributed by atoms with van der Waals surface area (Å²) in [6.45, 7) is 1.63. The normalized spacial score (nSPS) is 11.5. The number of amides is 1. The Bertz CT molecular complexity index is 752. The molecule has 1 N–H and O–H groups in total. The predicted molar refractivity (Wildman–Crippen MR) is 100 cm³/mol. The zero-order valence-electron chi connectivity index (χ0n) is 14.2. The fourth-order valence-corrected chi connectivity index (χ4v) is 2.58. The fraction of sp³-hybridized carbons (Fsp3) is 0.263. The molecule has 1 amide bonds. The van der Waals surface area contributed by atoms with Crippen LogP contribution in [0.2, 0.25) is 10.0 Å². The first-order valence-corrected chi connectivity index (χ1v) is 8.84. The van der Waals surface area contributed by atoms with Crippen molar-refractivity contribution >= 4 is 35.1 Å². The average Bonchev–Trinajstić information content (AvgIpc) is 2.64. The van der Waals surface area contributed by atoms with E-state index in [0.29, 0.717) is 22.2 Å². The van der Waals surface area contributed by atoms with E-state index in [1.54, 1.807) is 37.3 Å². The molecule has 2 rings (SSSR count). The van der Waals surface area contributed by atoms with Crippen molar-refractivity contribution in [1.82, 2.24) is 5.32 Å². The van der Waals surface area contributed by atoms with Crippen LogP contribution in [-0.2, 0) is 20.9 Å².